The van der Waals surface area contributed by atoms with Crippen LogP contribution in [0.4, 0.5) is 0 Å². The number of aromatic nitrogens is 1. The fourth-order valence-corrected chi connectivity index (χ4v) is 1.75. The second kappa shape index (κ2) is 6.64. The van der Waals surface area contributed by atoms with Gasteiger partial charge in [0.25, 0.3) is 0 Å². The highest BCUT2D eigenvalue weighted by atomic mass is 127. The average molecular weight is 382 g/mol. The van der Waals surface area contributed by atoms with Gasteiger partial charge in [-0.05, 0) is 35.6 Å². The van der Waals surface area contributed by atoms with Gasteiger partial charge >= 0.3 is 5.97 Å². The Hall–Kier alpha value is -1.22. The lowest BCUT2D eigenvalue weighted by atomic mass is 10.2. The van der Waals surface area contributed by atoms with Crippen molar-refractivity contribution < 1.29 is 14.6 Å². The van der Waals surface area contributed by atoms with Crippen LogP contribution in [0.15, 0.2) is 23.1 Å². The summed E-state index contributed by atoms with van der Waals surface area (Å²) in [5.74, 6) is -1.42. The number of hydrogen-bond acceptors (Lipinski definition) is 6. The van der Waals surface area contributed by atoms with Crippen LogP contribution in [0, 0.1) is 9.10 Å². The average Bonchev–Trinajstić information content (AvgIpc) is 2.33. The molecule has 0 saturated heterocycles. The number of ether oxygens (including phenoxy) is 1. The minimum Gasteiger partial charge on any atom is -0.505 e. The molecule has 0 bridgehead atoms. The van der Waals surface area contributed by atoms with Crippen LogP contribution >= 0.6 is 34.2 Å². The third kappa shape index (κ3) is 3.39. The molecule has 0 aliphatic rings. The molecule has 2 N–H and O–H groups in total. The molecular formula is C10H9ClIN3O3. The minimum atomic E-state index is -0.889. The number of esters is 1. The van der Waals surface area contributed by atoms with Crippen molar-refractivity contribution in [2.24, 2.45) is 5.11 Å². The van der Waals surface area contributed by atoms with Crippen LogP contribution < -0.4 is 0 Å². The number of aliphatic hydroxyl groups is 1. The lowest BCUT2D eigenvalue weighted by molar-refractivity contribution is -0.138. The van der Waals surface area contributed by atoms with E-state index in [0.717, 1.165) is 0 Å². The van der Waals surface area contributed by atoms with E-state index in [2.05, 4.69) is 14.8 Å². The second-order valence-electron chi connectivity index (χ2n) is 3.02. The zero-order valence-electron chi connectivity index (χ0n) is 9.28. The summed E-state index contributed by atoms with van der Waals surface area (Å²) in [6.07, 6.45) is 1.50. The molecule has 8 heteroatoms. The van der Waals surface area contributed by atoms with E-state index in [-0.39, 0.29) is 17.3 Å². The van der Waals surface area contributed by atoms with Crippen molar-refractivity contribution in [1.29, 1.82) is 5.53 Å². The van der Waals surface area contributed by atoms with Gasteiger partial charge in [0.05, 0.1) is 12.2 Å². The molecule has 96 valence electrons. The highest BCUT2D eigenvalue weighted by Gasteiger charge is 2.20. The molecule has 0 radical (unpaired) electrons. The lowest BCUT2D eigenvalue weighted by Crippen LogP contribution is -2.08. The summed E-state index contributed by atoms with van der Waals surface area (Å²) in [5, 5.41) is 12.9. The second-order valence-corrected chi connectivity index (χ2v) is 4.63. The first-order valence-electron chi connectivity index (χ1n) is 4.80. The molecule has 0 aromatic carbocycles. The number of rotatable bonds is 4. The zero-order valence-corrected chi connectivity index (χ0v) is 12.2. The van der Waals surface area contributed by atoms with Gasteiger partial charge in [0, 0.05) is 9.77 Å². The van der Waals surface area contributed by atoms with Crippen molar-refractivity contribution in [3.05, 3.63) is 32.2 Å². The Labute approximate surface area is 122 Å². The molecule has 0 fully saturated rings. The van der Waals surface area contributed by atoms with Crippen molar-refractivity contribution in [1.82, 2.24) is 4.98 Å². The van der Waals surface area contributed by atoms with Gasteiger partial charge in [-0.2, -0.15) is 0 Å². The minimum absolute atomic E-state index is 0.0124. The summed E-state index contributed by atoms with van der Waals surface area (Å²) in [7, 11) is 0. The molecule has 18 heavy (non-hydrogen) atoms. The van der Waals surface area contributed by atoms with Gasteiger partial charge in [0.15, 0.2) is 5.76 Å². The molecule has 6 nitrogen and oxygen atoms in total. The number of pyridine rings is 1. The smallest absolute Gasteiger partial charge is 0.362 e. The number of carbonyl (C=O) groups excluding carboxylic acids is 1. The van der Waals surface area contributed by atoms with Crippen LogP contribution in [0.5, 0.6) is 0 Å². The number of hydrogen-bond donors (Lipinski definition) is 2. The molecule has 0 aliphatic carbocycles. The van der Waals surface area contributed by atoms with Crippen LogP contribution in [0.25, 0.3) is 5.76 Å². The van der Waals surface area contributed by atoms with Gasteiger partial charge in [-0.25, -0.2) is 15.3 Å². The van der Waals surface area contributed by atoms with Crippen molar-refractivity contribution in [2.45, 2.75) is 6.92 Å². The van der Waals surface area contributed by atoms with Crippen LogP contribution in [0.2, 0.25) is 5.15 Å². The van der Waals surface area contributed by atoms with Crippen molar-refractivity contribution in [2.75, 3.05) is 6.61 Å². The summed E-state index contributed by atoms with van der Waals surface area (Å²) >= 11 is 7.79. The number of halogens is 2. The van der Waals surface area contributed by atoms with Gasteiger partial charge in [0.2, 0.25) is 5.70 Å². The van der Waals surface area contributed by atoms with Gasteiger partial charge in [-0.1, -0.05) is 11.6 Å². The molecule has 0 atom stereocenters. The van der Waals surface area contributed by atoms with Crippen LogP contribution in [0.3, 0.4) is 0 Å². The number of nitrogens with one attached hydrogen (secondary N) is 1. The summed E-state index contributed by atoms with van der Waals surface area (Å²) in [5.41, 5.74) is 6.53. The number of aliphatic hydroxyl groups excluding tert-OH is 1. The first kappa shape index (κ1) is 14.8. The van der Waals surface area contributed by atoms with Gasteiger partial charge in [0.1, 0.15) is 5.15 Å². The maximum Gasteiger partial charge on any atom is 0.362 e. The van der Waals surface area contributed by atoms with E-state index in [9.17, 15) is 9.90 Å². The molecule has 0 aliphatic heterocycles. The largest absolute Gasteiger partial charge is 0.505 e. The van der Waals surface area contributed by atoms with E-state index in [1.165, 1.54) is 12.3 Å². The normalized spacial score (nSPS) is 11.7. The molecule has 1 heterocycles. The topological polar surface area (TPSA) is 95.6 Å². The van der Waals surface area contributed by atoms with Crippen LogP contribution in [0.1, 0.15) is 12.5 Å². The molecule has 0 spiro atoms. The maximum absolute atomic E-state index is 11.5. The Morgan fingerprint density at radius 3 is 2.94 bits per heavy atom. The highest BCUT2D eigenvalue weighted by molar-refractivity contribution is 14.1. The van der Waals surface area contributed by atoms with Crippen molar-refractivity contribution in [3.63, 3.8) is 0 Å². The molecule has 1 aromatic heterocycles. The quantitative estimate of drug-likeness (QED) is 0.209. The van der Waals surface area contributed by atoms with E-state index in [0.29, 0.717) is 3.57 Å². The first-order chi connectivity index (χ1) is 8.51. The van der Waals surface area contributed by atoms with E-state index in [1.807, 2.05) is 22.6 Å². The maximum atomic E-state index is 11.5. The standard InChI is InChI=1S/C10H9ClIN3O3/c1-2-18-10(17)7(15-13)8(16)6-3-5(12)4-14-9(6)11/h3-4,13,16H,2H2,1H3. The predicted molar refractivity (Wildman–Crippen MR) is 73.3 cm³/mol. The summed E-state index contributed by atoms with van der Waals surface area (Å²) < 4.78 is 5.39. The summed E-state index contributed by atoms with van der Waals surface area (Å²) in [6.45, 7) is 1.72. The number of nitrogens with zero attached hydrogens (tertiary/aromatic N) is 2. The third-order valence-electron chi connectivity index (χ3n) is 1.87. The monoisotopic (exact) mass is 381 g/mol. The zero-order chi connectivity index (χ0) is 13.7. The van der Waals surface area contributed by atoms with Gasteiger partial charge in [-0.3, -0.25) is 0 Å². The highest BCUT2D eigenvalue weighted by Crippen LogP contribution is 2.25. The Balaban J connectivity index is 3.30. The molecule has 0 unspecified atom stereocenters. The predicted octanol–water partition coefficient (Wildman–Crippen LogP) is 3.16. The van der Waals surface area contributed by atoms with E-state index in [4.69, 9.17) is 17.1 Å². The Morgan fingerprint density at radius 1 is 1.72 bits per heavy atom. The Morgan fingerprint density at radius 2 is 2.39 bits per heavy atom. The van der Waals surface area contributed by atoms with Gasteiger partial charge in [-0.15, -0.1) is 5.11 Å². The molecule has 0 saturated carbocycles. The molecule has 0 amide bonds. The lowest BCUT2D eigenvalue weighted by Gasteiger charge is -2.06. The van der Waals surface area contributed by atoms with E-state index < -0.39 is 17.4 Å². The van der Waals surface area contributed by atoms with Crippen molar-refractivity contribution >= 4 is 45.9 Å². The molecular weight excluding hydrogens is 372 g/mol. The van der Waals surface area contributed by atoms with Crippen LogP contribution in [-0.2, 0) is 9.53 Å². The Kier molecular flexibility index (Phi) is 5.48. The van der Waals surface area contributed by atoms with E-state index in [1.54, 1.807) is 6.92 Å². The fraction of sp³-hybridized carbons (Fsp3) is 0.200. The molecule has 1 aromatic rings. The number of carbonyl (C=O) groups is 1. The van der Waals surface area contributed by atoms with Gasteiger partial charge < -0.3 is 9.84 Å². The first-order valence-corrected chi connectivity index (χ1v) is 6.26. The third-order valence-corrected chi connectivity index (χ3v) is 2.76. The fourth-order valence-electron chi connectivity index (χ4n) is 1.11. The Bertz CT molecular complexity index is 519. The SMILES string of the molecule is CCOC(=O)C(N=N)=C(O)c1cc(I)cnc1Cl. The summed E-state index contributed by atoms with van der Waals surface area (Å²) in [4.78, 5) is 15.3. The van der Waals surface area contributed by atoms with Crippen molar-refractivity contribution in [3.8, 4) is 0 Å². The summed E-state index contributed by atoms with van der Waals surface area (Å²) in [6, 6.07) is 1.52. The molecule has 1 rings (SSSR count). The van der Waals surface area contributed by atoms with Crippen LogP contribution in [-0.4, -0.2) is 22.7 Å². The van der Waals surface area contributed by atoms with E-state index >= 15 is 0 Å².